The van der Waals surface area contributed by atoms with Crippen molar-refractivity contribution in [3.05, 3.63) is 35.9 Å². The van der Waals surface area contributed by atoms with Gasteiger partial charge in [-0.2, -0.15) is 0 Å². The molecule has 108 valence electrons. The highest BCUT2D eigenvalue weighted by molar-refractivity contribution is 5.85. The fraction of sp³-hybridized carbons (Fsp3) is 0.500. The first-order valence-electron chi connectivity index (χ1n) is 7.15. The molecule has 0 spiro atoms. The van der Waals surface area contributed by atoms with Crippen LogP contribution in [0.3, 0.4) is 0 Å². The van der Waals surface area contributed by atoms with Crippen LogP contribution in [0, 0.1) is 11.8 Å². The minimum atomic E-state index is -0.848. The van der Waals surface area contributed by atoms with Crippen LogP contribution in [0.25, 0.3) is 0 Å². The van der Waals surface area contributed by atoms with Crippen molar-refractivity contribution in [1.29, 1.82) is 0 Å². The Balaban J connectivity index is 1.87. The summed E-state index contributed by atoms with van der Waals surface area (Å²) in [5.41, 5.74) is 1.18. The summed E-state index contributed by atoms with van der Waals surface area (Å²) in [7, 11) is 0. The lowest BCUT2D eigenvalue weighted by Gasteiger charge is -2.18. The van der Waals surface area contributed by atoms with Crippen LogP contribution in [0.15, 0.2) is 30.3 Å². The third-order valence-electron chi connectivity index (χ3n) is 4.12. The number of carbonyl (C=O) groups is 2. The van der Waals surface area contributed by atoms with Gasteiger partial charge in [0.1, 0.15) is 0 Å². The standard InChI is InChI=1S/C16H21NO3/c1-11(12-6-3-2-4-7-12)10-17-15(18)13-8-5-9-14(13)16(19)20/h2-4,6-7,11,13-14H,5,8-10H2,1H3,(H,17,18)(H,19,20)/t11?,13-,14+/m1/s1. The molecular weight excluding hydrogens is 254 g/mol. The molecule has 2 rings (SSSR count). The minimum Gasteiger partial charge on any atom is -0.481 e. The molecule has 1 saturated carbocycles. The van der Waals surface area contributed by atoms with E-state index in [1.54, 1.807) is 0 Å². The maximum absolute atomic E-state index is 12.1. The maximum Gasteiger partial charge on any atom is 0.307 e. The van der Waals surface area contributed by atoms with Crippen LogP contribution in [-0.4, -0.2) is 23.5 Å². The van der Waals surface area contributed by atoms with E-state index in [1.807, 2.05) is 30.3 Å². The molecule has 0 aromatic heterocycles. The number of carboxylic acids is 1. The van der Waals surface area contributed by atoms with Crippen molar-refractivity contribution < 1.29 is 14.7 Å². The Morgan fingerprint density at radius 2 is 1.90 bits per heavy atom. The molecule has 1 fully saturated rings. The molecule has 1 unspecified atom stereocenters. The van der Waals surface area contributed by atoms with Gasteiger partial charge in [0, 0.05) is 6.54 Å². The van der Waals surface area contributed by atoms with Crippen LogP contribution in [0.5, 0.6) is 0 Å². The fourth-order valence-corrected chi connectivity index (χ4v) is 2.85. The Morgan fingerprint density at radius 3 is 2.55 bits per heavy atom. The van der Waals surface area contributed by atoms with Gasteiger partial charge in [-0.3, -0.25) is 9.59 Å². The summed E-state index contributed by atoms with van der Waals surface area (Å²) in [5, 5.41) is 12.0. The van der Waals surface area contributed by atoms with Crippen LogP contribution >= 0.6 is 0 Å². The monoisotopic (exact) mass is 275 g/mol. The molecular formula is C16H21NO3. The molecule has 3 atom stereocenters. The summed E-state index contributed by atoms with van der Waals surface area (Å²) < 4.78 is 0. The average molecular weight is 275 g/mol. The third-order valence-corrected chi connectivity index (χ3v) is 4.12. The van der Waals surface area contributed by atoms with E-state index in [0.717, 1.165) is 6.42 Å². The predicted octanol–water partition coefficient (Wildman–Crippen LogP) is 2.41. The van der Waals surface area contributed by atoms with E-state index >= 15 is 0 Å². The molecule has 1 amide bonds. The zero-order valence-electron chi connectivity index (χ0n) is 11.7. The van der Waals surface area contributed by atoms with E-state index in [0.29, 0.717) is 19.4 Å². The van der Waals surface area contributed by atoms with Crippen molar-refractivity contribution in [2.75, 3.05) is 6.54 Å². The second-order valence-electron chi connectivity index (χ2n) is 5.54. The maximum atomic E-state index is 12.1. The molecule has 1 aliphatic rings. The minimum absolute atomic E-state index is 0.113. The number of carboxylic acid groups (broad SMARTS) is 1. The van der Waals surface area contributed by atoms with Crippen molar-refractivity contribution >= 4 is 11.9 Å². The number of benzene rings is 1. The average Bonchev–Trinajstić information content (AvgIpc) is 2.95. The van der Waals surface area contributed by atoms with Crippen molar-refractivity contribution in [3.8, 4) is 0 Å². The summed E-state index contributed by atoms with van der Waals surface area (Å²) in [4.78, 5) is 23.2. The smallest absolute Gasteiger partial charge is 0.307 e. The highest BCUT2D eigenvalue weighted by atomic mass is 16.4. The number of rotatable bonds is 5. The molecule has 4 heteroatoms. The van der Waals surface area contributed by atoms with Crippen LogP contribution in [0.4, 0.5) is 0 Å². The molecule has 2 N–H and O–H groups in total. The van der Waals surface area contributed by atoms with Gasteiger partial charge in [-0.05, 0) is 24.3 Å². The lowest BCUT2D eigenvalue weighted by molar-refractivity contribution is -0.146. The third kappa shape index (κ3) is 3.38. The van der Waals surface area contributed by atoms with Crippen molar-refractivity contribution in [2.24, 2.45) is 11.8 Å². The summed E-state index contributed by atoms with van der Waals surface area (Å²) in [6.45, 7) is 2.60. The first kappa shape index (κ1) is 14.6. The van der Waals surface area contributed by atoms with Crippen LogP contribution in [0.1, 0.15) is 37.7 Å². The lowest BCUT2D eigenvalue weighted by Crippen LogP contribution is -2.37. The number of amides is 1. The summed E-state index contributed by atoms with van der Waals surface area (Å²) >= 11 is 0. The van der Waals surface area contributed by atoms with E-state index in [2.05, 4.69) is 12.2 Å². The Kier molecular flexibility index (Phi) is 4.77. The Labute approximate surface area is 119 Å². The highest BCUT2D eigenvalue weighted by Crippen LogP contribution is 2.32. The number of aliphatic carboxylic acids is 1. The van der Waals surface area contributed by atoms with Gasteiger partial charge in [0.05, 0.1) is 11.8 Å². The first-order valence-corrected chi connectivity index (χ1v) is 7.15. The van der Waals surface area contributed by atoms with E-state index < -0.39 is 11.9 Å². The summed E-state index contributed by atoms with van der Waals surface area (Å²) in [5.74, 6) is -1.61. The summed E-state index contributed by atoms with van der Waals surface area (Å²) in [6, 6.07) is 9.99. The molecule has 1 aromatic carbocycles. The van der Waals surface area contributed by atoms with E-state index in [9.17, 15) is 9.59 Å². The first-order chi connectivity index (χ1) is 9.59. The van der Waals surface area contributed by atoms with Gasteiger partial charge in [0.15, 0.2) is 0 Å². The zero-order valence-corrected chi connectivity index (χ0v) is 11.7. The van der Waals surface area contributed by atoms with Gasteiger partial charge < -0.3 is 10.4 Å². The zero-order chi connectivity index (χ0) is 14.5. The summed E-state index contributed by atoms with van der Waals surface area (Å²) in [6.07, 6.45) is 2.12. The lowest BCUT2D eigenvalue weighted by atomic mass is 9.94. The molecule has 4 nitrogen and oxygen atoms in total. The number of hydrogen-bond acceptors (Lipinski definition) is 2. The topological polar surface area (TPSA) is 66.4 Å². The van der Waals surface area contributed by atoms with Crippen LogP contribution in [0.2, 0.25) is 0 Å². The van der Waals surface area contributed by atoms with Crippen LogP contribution < -0.4 is 5.32 Å². The molecule has 1 aromatic rings. The predicted molar refractivity (Wildman–Crippen MR) is 76.3 cm³/mol. The molecule has 0 heterocycles. The van der Waals surface area contributed by atoms with Crippen LogP contribution in [-0.2, 0) is 9.59 Å². The van der Waals surface area contributed by atoms with E-state index in [-0.39, 0.29) is 17.7 Å². The highest BCUT2D eigenvalue weighted by Gasteiger charge is 2.37. The normalized spacial score (nSPS) is 23.2. The van der Waals surface area contributed by atoms with Crippen molar-refractivity contribution in [3.63, 3.8) is 0 Å². The van der Waals surface area contributed by atoms with Crippen molar-refractivity contribution in [2.45, 2.75) is 32.1 Å². The van der Waals surface area contributed by atoms with E-state index in [1.165, 1.54) is 5.56 Å². The molecule has 20 heavy (non-hydrogen) atoms. The number of hydrogen-bond donors (Lipinski definition) is 2. The number of carbonyl (C=O) groups excluding carboxylic acids is 1. The molecule has 1 aliphatic carbocycles. The van der Waals surface area contributed by atoms with Gasteiger partial charge in [-0.15, -0.1) is 0 Å². The quantitative estimate of drug-likeness (QED) is 0.867. The Morgan fingerprint density at radius 1 is 1.25 bits per heavy atom. The van der Waals surface area contributed by atoms with Crippen molar-refractivity contribution in [1.82, 2.24) is 5.32 Å². The van der Waals surface area contributed by atoms with Gasteiger partial charge in [-0.25, -0.2) is 0 Å². The van der Waals surface area contributed by atoms with Gasteiger partial charge >= 0.3 is 5.97 Å². The molecule has 0 bridgehead atoms. The molecule has 0 radical (unpaired) electrons. The van der Waals surface area contributed by atoms with Gasteiger partial charge in [0.2, 0.25) is 5.91 Å². The molecule has 0 saturated heterocycles. The SMILES string of the molecule is CC(CNC(=O)[C@@H]1CCC[C@@H]1C(=O)O)c1ccccc1. The fourth-order valence-electron chi connectivity index (χ4n) is 2.85. The number of nitrogens with one attached hydrogen (secondary N) is 1. The largest absolute Gasteiger partial charge is 0.481 e. The van der Waals surface area contributed by atoms with E-state index in [4.69, 9.17) is 5.11 Å². The van der Waals surface area contributed by atoms with Gasteiger partial charge in [-0.1, -0.05) is 43.7 Å². The Bertz CT molecular complexity index is 472. The molecule has 0 aliphatic heterocycles. The second kappa shape index (κ2) is 6.55. The second-order valence-corrected chi connectivity index (χ2v) is 5.54. The Hall–Kier alpha value is -1.84. The van der Waals surface area contributed by atoms with Gasteiger partial charge in [0.25, 0.3) is 0 Å².